The zero-order chi connectivity index (χ0) is 11.1. The van der Waals surface area contributed by atoms with Crippen molar-refractivity contribution in [1.29, 1.82) is 0 Å². The lowest BCUT2D eigenvalue weighted by molar-refractivity contribution is 0.103. The first-order valence-electron chi connectivity index (χ1n) is 4.84. The highest BCUT2D eigenvalue weighted by molar-refractivity contribution is 6.10. The first-order valence-corrected chi connectivity index (χ1v) is 4.84. The minimum atomic E-state index is 0.0219. The molecule has 0 N–H and O–H groups in total. The van der Waals surface area contributed by atoms with Gasteiger partial charge in [0, 0.05) is 11.1 Å². The van der Waals surface area contributed by atoms with Crippen LogP contribution in [0.25, 0.3) is 0 Å². The van der Waals surface area contributed by atoms with E-state index in [0.29, 0.717) is 11.1 Å². The average molecular weight is 198 g/mol. The third kappa shape index (κ3) is 3.06. The van der Waals surface area contributed by atoms with E-state index in [1.54, 1.807) is 18.2 Å². The summed E-state index contributed by atoms with van der Waals surface area (Å²) in [6.07, 6.45) is 6.97. The van der Waals surface area contributed by atoms with E-state index in [9.17, 15) is 4.79 Å². The highest BCUT2D eigenvalue weighted by Gasteiger charge is 2.07. The summed E-state index contributed by atoms with van der Waals surface area (Å²) >= 11 is 0. The maximum atomic E-state index is 12.0. The van der Waals surface area contributed by atoms with Gasteiger partial charge in [0.05, 0.1) is 0 Å². The molecule has 0 aliphatic carbocycles. The summed E-state index contributed by atoms with van der Waals surface area (Å²) in [7, 11) is 0. The average Bonchev–Trinajstić information content (AvgIpc) is 2.29. The first-order chi connectivity index (χ1) is 7.29. The van der Waals surface area contributed by atoms with Crippen LogP contribution in [0.4, 0.5) is 0 Å². The molecule has 76 valence electrons. The first kappa shape index (κ1) is 11.2. The number of rotatable bonds is 4. The SMILES string of the molecule is C=CC=C(/C=C\C)C(=O)c1ccccc1. The minimum absolute atomic E-state index is 0.0219. The van der Waals surface area contributed by atoms with Gasteiger partial charge in [-0.05, 0) is 6.92 Å². The molecule has 0 spiro atoms. The van der Waals surface area contributed by atoms with Crippen LogP contribution in [-0.4, -0.2) is 5.78 Å². The topological polar surface area (TPSA) is 17.1 Å². The van der Waals surface area contributed by atoms with Crippen molar-refractivity contribution >= 4 is 5.78 Å². The fraction of sp³-hybridized carbons (Fsp3) is 0.0714. The lowest BCUT2D eigenvalue weighted by Crippen LogP contribution is -2.00. The third-order valence-corrected chi connectivity index (χ3v) is 1.94. The molecule has 1 aromatic carbocycles. The van der Waals surface area contributed by atoms with Crippen molar-refractivity contribution in [2.24, 2.45) is 0 Å². The van der Waals surface area contributed by atoms with Gasteiger partial charge in [-0.3, -0.25) is 4.79 Å². The lowest BCUT2D eigenvalue weighted by Gasteiger charge is -2.00. The molecule has 1 aromatic rings. The summed E-state index contributed by atoms with van der Waals surface area (Å²) < 4.78 is 0. The molecule has 0 saturated carbocycles. The Morgan fingerprint density at radius 3 is 2.47 bits per heavy atom. The molecule has 0 unspecified atom stereocenters. The van der Waals surface area contributed by atoms with Gasteiger partial charge in [0.2, 0.25) is 0 Å². The number of Topliss-reactive ketones (excluding diaryl/α,β-unsaturated/α-hetero) is 1. The van der Waals surface area contributed by atoms with Crippen LogP contribution in [0.2, 0.25) is 0 Å². The van der Waals surface area contributed by atoms with Crippen LogP contribution in [0.3, 0.4) is 0 Å². The van der Waals surface area contributed by atoms with Gasteiger partial charge in [0.25, 0.3) is 0 Å². The summed E-state index contributed by atoms with van der Waals surface area (Å²) in [5, 5.41) is 0. The van der Waals surface area contributed by atoms with E-state index in [0.717, 1.165) is 0 Å². The van der Waals surface area contributed by atoms with Crippen molar-refractivity contribution in [3.05, 3.63) is 72.4 Å². The van der Waals surface area contributed by atoms with Crippen LogP contribution >= 0.6 is 0 Å². The second kappa shape index (κ2) is 5.76. The van der Waals surface area contributed by atoms with Crippen LogP contribution < -0.4 is 0 Å². The molecule has 0 amide bonds. The predicted octanol–water partition coefficient (Wildman–Crippen LogP) is 3.56. The molecular formula is C14H14O. The Kier molecular flexibility index (Phi) is 4.30. The summed E-state index contributed by atoms with van der Waals surface area (Å²) in [4.78, 5) is 12.0. The molecule has 0 aliphatic heterocycles. The predicted molar refractivity (Wildman–Crippen MR) is 63.9 cm³/mol. The van der Waals surface area contributed by atoms with E-state index in [1.165, 1.54) is 0 Å². The summed E-state index contributed by atoms with van der Waals surface area (Å²) in [5.74, 6) is 0.0219. The Morgan fingerprint density at radius 2 is 1.93 bits per heavy atom. The highest BCUT2D eigenvalue weighted by atomic mass is 16.1. The van der Waals surface area contributed by atoms with Crippen molar-refractivity contribution in [3.63, 3.8) is 0 Å². The number of benzene rings is 1. The molecule has 0 fully saturated rings. The van der Waals surface area contributed by atoms with E-state index in [1.807, 2.05) is 43.3 Å². The summed E-state index contributed by atoms with van der Waals surface area (Å²) in [6, 6.07) is 9.22. The Hall–Kier alpha value is -1.89. The van der Waals surface area contributed by atoms with Crippen molar-refractivity contribution in [2.75, 3.05) is 0 Å². The number of hydrogen-bond acceptors (Lipinski definition) is 1. The molecule has 0 bridgehead atoms. The molecule has 1 heteroatoms. The third-order valence-electron chi connectivity index (χ3n) is 1.94. The zero-order valence-corrected chi connectivity index (χ0v) is 8.81. The van der Waals surface area contributed by atoms with Gasteiger partial charge in [-0.25, -0.2) is 0 Å². The Labute approximate surface area is 90.4 Å². The Morgan fingerprint density at radius 1 is 1.27 bits per heavy atom. The summed E-state index contributed by atoms with van der Waals surface area (Å²) in [5.41, 5.74) is 1.35. The Bertz CT molecular complexity index is 397. The number of carbonyl (C=O) groups excluding carboxylic acids is 1. The van der Waals surface area contributed by atoms with E-state index >= 15 is 0 Å². The zero-order valence-electron chi connectivity index (χ0n) is 8.81. The normalized spacial score (nSPS) is 11.7. The van der Waals surface area contributed by atoms with E-state index < -0.39 is 0 Å². The van der Waals surface area contributed by atoms with Crippen LogP contribution in [0.5, 0.6) is 0 Å². The van der Waals surface area contributed by atoms with E-state index in [2.05, 4.69) is 6.58 Å². The maximum Gasteiger partial charge on any atom is 0.193 e. The molecule has 0 aromatic heterocycles. The van der Waals surface area contributed by atoms with Crippen LogP contribution in [0.1, 0.15) is 17.3 Å². The van der Waals surface area contributed by atoms with Gasteiger partial charge in [0.1, 0.15) is 0 Å². The molecule has 1 rings (SSSR count). The fourth-order valence-corrected chi connectivity index (χ4v) is 1.27. The number of carbonyl (C=O) groups is 1. The number of allylic oxidation sites excluding steroid dienone is 5. The van der Waals surface area contributed by atoms with Gasteiger partial charge in [-0.1, -0.05) is 61.2 Å². The Balaban J connectivity index is 3.02. The lowest BCUT2D eigenvalue weighted by atomic mass is 10.0. The second-order valence-corrected chi connectivity index (χ2v) is 3.05. The van der Waals surface area contributed by atoms with Crippen molar-refractivity contribution in [3.8, 4) is 0 Å². The van der Waals surface area contributed by atoms with Gasteiger partial charge in [-0.2, -0.15) is 0 Å². The number of ketones is 1. The molecule has 0 atom stereocenters. The molecule has 1 nitrogen and oxygen atoms in total. The number of hydrogen-bond donors (Lipinski definition) is 0. The highest BCUT2D eigenvalue weighted by Crippen LogP contribution is 2.09. The van der Waals surface area contributed by atoms with E-state index in [4.69, 9.17) is 0 Å². The van der Waals surface area contributed by atoms with E-state index in [-0.39, 0.29) is 5.78 Å². The van der Waals surface area contributed by atoms with Crippen LogP contribution in [0, 0.1) is 0 Å². The smallest absolute Gasteiger partial charge is 0.193 e. The molecule has 0 radical (unpaired) electrons. The molecule has 0 heterocycles. The van der Waals surface area contributed by atoms with Crippen molar-refractivity contribution in [1.82, 2.24) is 0 Å². The van der Waals surface area contributed by atoms with Gasteiger partial charge in [0.15, 0.2) is 5.78 Å². The fourth-order valence-electron chi connectivity index (χ4n) is 1.27. The largest absolute Gasteiger partial charge is 0.289 e. The monoisotopic (exact) mass is 198 g/mol. The quantitative estimate of drug-likeness (QED) is 0.410. The molecular weight excluding hydrogens is 184 g/mol. The second-order valence-electron chi connectivity index (χ2n) is 3.05. The standard InChI is InChI=1S/C14H14O/c1-3-8-12(9-4-2)14(15)13-10-6-5-7-11-13/h3-11H,1H2,2H3/b9-4-,12-8?. The molecule has 15 heavy (non-hydrogen) atoms. The van der Waals surface area contributed by atoms with Gasteiger partial charge < -0.3 is 0 Å². The van der Waals surface area contributed by atoms with Crippen molar-refractivity contribution < 1.29 is 4.79 Å². The van der Waals surface area contributed by atoms with Gasteiger partial charge >= 0.3 is 0 Å². The van der Waals surface area contributed by atoms with Gasteiger partial charge in [-0.15, -0.1) is 0 Å². The summed E-state index contributed by atoms with van der Waals surface area (Å²) in [6.45, 7) is 5.48. The molecule has 0 aliphatic rings. The maximum absolute atomic E-state index is 12.0. The minimum Gasteiger partial charge on any atom is -0.289 e. The molecule has 0 saturated heterocycles. The van der Waals surface area contributed by atoms with Crippen LogP contribution in [0.15, 0.2) is 66.8 Å². The van der Waals surface area contributed by atoms with Crippen molar-refractivity contribution in [2.45, 2.75) is 6.92 Å². The van der Waals surface area contributed by atoms with Crippen LogP contribution in [-0.2, 0) is 0 Å².